The van der Waals surface area contributed by atoms with Crippen molar-refractivity contribution in [3.05, 3.63) is 53.1 Å². The van der Waals surface area contributed by atoms with Crippen molar-refractivity contribution < 1.29 is 27.5 Å². The van der Waals surface area contributed by atoms with Crippen LogP contribution >= 0.6 is 11.9 Å². The topological polar surface area (TPSA) is 52.6 Å². The first-order valence-corrected chi connectivity index (χ1v) is 10.4. The Bertz CT molecular complexity index is 912. The molecule has 1 aliphatic rings. The fourth-order valence-corrected chi connectivity index (χ4v) is 4.26. The Balaban J connectivity index is 1.91. The van der Waals surface area contributed by atoms with Crippen molar-refractivity contribution in [2.45, 2.75) is 43.4 Å². The van der Waals surface area contributed by atoms with Gasteiger partial charge in [-0.1, -0.05) is 13.0 Å². The van der Waals surface area contributed by atoms with E-state index in [4.69, 9.17) is 0 Å². The average Bonchev–Trinajstić information content (AvgIpc) is 2.71. The summed E-state index contributed by atoms with van der Waals surface area (Å²) in [7, 11) is 0. The molecule has 0 spiro atoms. The molecular formula is C21H22F4N2O2S. The number of anilines is 2. The molecule has 9 heteroatoms. The minimum atomic E-state index is -4.50. The minimum Gasteiger partial charge on any atom is -0.478 e. The van der Waals surface area contributed by atoms with Crippen LogP contribution < -0.4 is 9.62 Å². The van der Waals surface area contributed by atoms with E-state index in [0.717, 1.165) is 29.6 Å². The monoisotopic (exact) mass is 442 g/mol. The lowest BCUT2D eigenvalue weighted by molar-refractivity contribution is -0.137. The number of aromatic carboxylic acids is 1. The van der Waals surface area contributed by atoms with Gasteiger partial charge in [-0.05, 0) is 67.1 Å². The largest absolute Gasteiger partial charge is 0.478 e. The number of carboxylic acids is 1. The molecular weight excluding hydrogens is 420 g/mol. The third-order valence-corrected chi connectivity index (χ3v) is 5.98. The lowest BCUT2D eigenvalue weighted by Gasteiger charge is -2.32. The summed E-state index contributed by atoms with van der Waals surface area (Å²) in [6.45, 7) is 2.75. The molecule has 1 heterocycles. The van der Waals surface area contributed by atoms with Gasteiger partial charge in [0.25, 0.3) is 0 Å². The molecule has 0 unspecified atom stereocenters. The van der Waals surface area contributed by atoms with Gasteiger partial charge in [0.1, 0.15) is 6.17 Å². The number of hydrogen-bond donors (Lipinski definition) is 2. The number of aryl methyl sites for hydroxylation is 1. The normalized spacial score (nSPS) is 15.3. The number of nitrogens with one attached hydrogen (secondary N) is 1. The molecule has 0 bridgehead atoms. The first-order valence-electron chi connectivity index (χ1n) is 9.58. The van der Waals surface area contributed by atoms with Gasteiger partial charge in [-0.25, -0.2) is 9.18 Å². The summed E-state index contributed by atoms with van der Waals surface area (Å²) in [5, 5.41) is 9.23. The van der Waals surface area contributed by atoms with Gasteiger partial charge < -0.3 is 14.7 Å². The summed E-state index contributed by atoms with van der Waals surface area (Å²) in [5.74, 6) is -1.08. The minimum absolute atomic E-state index is 0.103. The number of piperidine rings is 1. The number of benzene rings is 2. The highest BCUT2D eigenvalue weighted by Crippen LogP contribution is 2.38. The standard InChI is InChI=1S/C21H22F4N2O2S/c1-2-13-3-4-14(20(28)29)11-19(13)30-26-17-12-15(21(23,24)25)5-6-18(17)27-9-7-16(22)8-10-27/h3-6,11-12,16,26H,2,7-10H2,1H3,(H,28,29). The molecule has 0 amide bonds. The molecule has 0 saturated carbocycles. The van der Waals surface area contributed by atoms with E-state index < -0.39 is 23.9 Å². The summed E-state index contributed by atoms with van der Waals surface area (Å²) in [5.41, 5.74) is 1.02. The molecule has 3 rings (SSSR count). The molecule has 2 aromatic carbocycles. The van der Waals surface area contributed by atoms with Crippen LogP contribution in [0, 0.1) is 0 Å². The van der Waals surface area contributed by atoms with Crippen LogP contribution in [0.1, 0.15) is 41.3 Å². The third-order valence-electron chi connectivity index (χ3n) is 5.06. The molecule has 0 atom stereocenters. The van der Waals surface area contributed by atoms with Crippen LogP contribution in [-0.2, 0) is 12.6 Å². The molecule has 0 aromatic heterocycles. The van der Waals surface area contributed by atoms with Gasteiger partial charge in [-0.15, -0.1) is 0 Å². The van der Waals surface area contributed by atoms with Crippen molar-refractivity contribution in [2.75, 3.05) is 22.7 Å². The van der Waals surface area contributed by atoms with Gasteiger partial charge in [0.2, 0.25) is 0 Å². The van der Waals surface area contributed by atoms with E-state index >= 15 is 0 Å². The summed E-state index contributed by atoms with van der Waals surface area (Å²) >= 11 is 1.07. The first kappa shape index (κ1) is 22.3. The lowest BCUT2D eigenvalue weighted by atomic mass is 10.1. The van der Waals surface area contributed by atoms with E-state index in [1.807, 2.05) is 11.8 Å². The highest BCUT2D eigenvalue weighted by atomic mass is 32.2. The number of rotatable bonds is 6. The molecule has 4 nitrogen and oxygen atoms in total. The first-order chi connectivity index (χ1) is 14.2. The zero-order valence-electron chi connectivity index (χ0n) is 16.3. The van der Waals surface area contributed by atoms with E-state index in [2.05, 4.69) is 4.72 Å². The van der Waals surface area contributed by atoms with Crippen molar-refractivity contribution in [1.29, 1.82) is 0 Å². The van der Waals surface area contributed by atoms with Crippen molar-refractivity contribution in [1.82, 2.24) is 0 Å². The van der Waals surface area contributed by atoms with Crippen LogP contribution in [0.25, 0.3) is 0 Å². The molecule has 0 aliphatic carbocycles. The molecule has 1 fully saturated rings. The second kappa shape index (κ2) is 9.16. The SMILES string of the molecule is CCc1ccc(C(=O)O)cc1SNc1cc(C(F)(F)F)ccc1N1CCC(F)CC1. The van der Waals surface area contributed by atoms with Crippen LogP contribution in [0.4, 0.5) is 28.9 Å². The van der Waals surface area contributed by atoms with E-state index in [9.17, 15) is 27.5 Å². The van der Waals surface area contributed by atoms with Gasteiger partial charge in [-0.3, -0.25) is 0 Å². The molecule has 30 heavy (non-hydrogen) atoms. The van der Waals surface area contributed by atoms with E-state index in [-0.39, 0.29) is 11.3 Å². The van der Waals surface area contributed by atoms with Gasteiger partial charge in [-0.2, -0.15) is 13.2 Å². The Hall–Kier alpha value is -2.42. The zero-order valence-corrected chi connectivity index (χ0v) is 17.1. The molecule has 162 valence electrons. The quantitative estimate of drug-likeness (QED) is 0.423. The summed E-state index contributed by atoms with van der Waals surface area (Å²) in [6.07, 6.45) is -4.10. The predicted octanol–water partition coefficient (Wildman–Crippen LogP) is 6.02. The maximum Gasteiger partial charge on any atom is 0.416 e. The Morgan fingerprint density at radius 2 is 1.90 bits per heavy atom. The number of hydrogen-bond acceptors (Lipinski definition) is 4. The summed E-state index contributed by atoms with van der Waals surface area (Å²) < 4.78 is 56.2. The van der Waals surface area contributed by atoms with E-state index in [1.165, 1.54) is 18.2 Å². The molecule has 1 saturated heterocycles. The van der Waals surface area contributed by atoms with Crippen molar-refractivity contribution >= 4 is 29.3 Å². The van der Waals surface area contributed by atoms with E-state index in [0.29, 0.717) is 42.9 Å². The lowest BCUT2D eigenvalue weighted by Crippen LogP contribution is -2.34. The summed E-state index contributed by atoms with van der Waals surface area (Å²) in [6, 6.07) is 8.17. The van der Waals surface area contributed by atoms with Crippen LogP contribution in [0.5, 0.6) is 0 Å². The Kier molecular flexibility index (Phi) is 6.80. The highest BCUT2D eigenvalue weighted by molar-refractivity contribution is 8.00. The van der Waals surface area contributed by atoms with Crippen LogP contribution in [-0.4, -0.2) is 30.3 Å². The Labute approximate surface area is 176 Å². The number of carboxylic acid groups (broad SMARTS) is 1. The number of carbonyl (C=O) groups is 1. The second-order valence-corrected chi connectivity index (χ2v) is 7.92. The van der Waals surface area contributed by atoms with Crippen LogP contribution in [0.15, 0.2) is 41.3 Å². The maximum atomic E-state index is 13.5. The number of nitrogens with zero attached hydrogens (tertiary/aromatic N) is 1. The third kappa shape index (κ3) is 5.19. The van der Waals surface area contributed by atoms with Gasteiger partial charge in [0.15, 0.2) is 0 Å². The fourth-order valence-electron chi connectivity index (χ4n) is 3.34. The van der Waals surface area contributed by atoms with Crippen molar-refractivity contribution in [3.63, 3.8) is 0 Å². The molecule has 0 radical (unpaired) electrons. The zero-order chi connectivity index (χ0) is 21.9. The smallest absolute Gasteiger partial charge is 0.416 e. The Morgan fingerprint density at radius 1 is 1.20 bits per heavy atom. The van der Waals surface area contributed by atoms with E-state index in [1.54, 1.807) is 6.07 Å². The molecule has 2 aromatic rings. The van der Waals surface area contributed by atoms with Crippen molar-refractivity contribution in [3.8, 4) is 0 Å². The maximum absolute atomic E-state index is 13.5. The second-order valence-electron chi connectivity index (χ2n) is 7.08. The Morgan fingerprint density at radius 3 is 2.50 bits per heavy atom. The fraction of sp³-hybridized carbons (Fsp3) is 0.381. The molecule has 1 aliphatic heterocycles. The molecule has 2 N–H and O–H groups in total. The van der Waals surface area contributed by atoms with Gasteiger partial charge in [0, 0.05) is 18.0 Å². The average molecular weight is 442 g/mol. The van der Waals surface area contributed by atoms with Gasteiger partial charge >= 0.3 is 12.1 Å². The summed E-state index contributed by atoms with van der Waals surface area (Å²) in [4.78, 5) is 13.8. The highest BCUT2D eigenvalue weighted by Gasteiger charge is 2.32. The van der Waals surface area contributed by atoms with Gasteiger partial charge in [0.05, 0.1) is 22.5 Å². The number of alkyl halides is 4. The van der Waals surface area contributed by atoms with Crippen molar-refractivity contribution in [2.24, 2.45) is 0 Å². The van der Waals surface area contributed by atoms with Crippen LogP contribution in [0.3, 0.4) is 0 Å². The van der Waals surface area contributed by atoms with Crippen LogP contribution in [0.2, 0.25) is 0 Å². The predicted molar refractivity (Wildman–Crippen MR) is 110 cm³/mol. The number of halogens is 4.